The lowest BCUT2D eigenvalue weighted by atomic mass is 9.98. The van der Waals surface area contributed by atoms with Gasteiger partial charge in [-0.1, -0.05) is 5.21 Å². The Labute approximate surface area is 98.2 Å². The molecule has 0 aromatic carbocycles. The lowest BCUT2D eigenvalue weighted by Gasteiger charge is -2.37. The number of rotatable bonds is 2. The zero-order chi connectivity index (χ0) is 11.3. The molecule has 0 radical (unpaired) electrons. The average Bonchev–Trinajstić information content (AvgIpc) is 2.74. The summed E-state index contributed by atoms with van der Waals surface area (Å²) in [5.41, 5.74) is 0. The molecular weight excluding hydrogens is 224 g/mol. The van der Waals surface area contributed by atoms with Gasteiger partial charge in [0, 0.05) is 12.2 Å². The minimum Gasteiger partial charge on any atom is -0.326 e. The van der Waals surface area contributed by atoms with Gasteiger partial charge in [-0.25, -0.2) is 0 Å². The molecule has 16 heavy (non-hydrogen) atoms. The Balaban J connectivity index is 1.81. The number of aromatic nitrogens is 3. The molecule has 3 heterocycles. The molecular formula is C10H14N4OS. The monoisotopic (exact) mass is 238 g/mol. The highest BCUT2D eigenvalue weighted by Crippen LogP contribution is 2.51. The Morgan fingerprint density at radius 3 is 3.06 bits per heavy atom. The number of fused-ring (bicyclic) bond motifs is 1. The molecule has 6 heteroatoms. The van der Waals surface area contributed by atoms with E-state index in [4.69, 9.17) is 0 Å². The van der Waals surface area contributed by atoms with Crippen molar-refractivity contribution in [3.63, 3.8) is 0 Å². The maximum absolute atomic E-state index is 11.5. The van der Waals surface area contributed by atoms with Crippen LogP contribution in [-0.4, -0.2) is 42.0 Å². The van der Waals surface area contributed by atoms with E-state index in [2.05, 4.69) is 24.2 Å². The Bertz CT molecular complexity index is 420. The van der Waals surface area contributed by atoms with Crippen LogP contribution >= 0.6 is 11.8 Å². The quantitative estimate of drug-likeness (QED) is 0.713. The molecule has 0 spiro atoms. The van der Waals surface area contributed by atoms with Crippen LogP contribution in [0.15, 0.2) is 12.4 Å². The largest absolute Gasteiger partial charge is 0.326 e. The van der Waals surface area contributed by atoms with Gasteiger partial charge in [0.15, 0.2) is 0 Å². The maximum atomic E-state index is 11.5. The van der Waals surface area contributed by atoms with Gasteiger partial charge in [-0.15, -0.1) is 16.9 Å². The van der Waals surface area contributed by atoms with E-state index in [1.54, 1.807) is 6.20 Å². The van der Waals surface area contributed by atoms with Gasteiger partial charge in [0.25, 0.3) is 0 Å². The highest BCUT2D eigenvalue weighted by molar-refractivity contribution is 8.01. The number of amides is 1. The molecule has 0 saturated carbocycles. The van der Waals surface area contributed by atoms with Crippen LogP contribution in [0.5, 0.6) is 0 Å². The third-order valence-corrected chi connectivity index (χ3v) is 5.28. The fourth-order valence-corrected chi connectivity index (χ4v) is 4.26. The predicted octanol–water partition coefficient (Wildman–Crippen LogP) is 0.730. The summed E-state index contributed by atoms with van der Waals surface area (Å²) in [5.74, 6) is 0.285. The summed E-state index contributed by atoms with van der Waals surface area (Å²) in [4.78, 5) is 13.5. The number of nitrogens with zero attached hydrogens (tertiary/aromatic N) is 4. The number of hydrogen-bond acceptors (Lipinski definition) is 4. The zero-order valence-electron chi connectivity index (χ0n) is 9.33. The molecule has 2 fully saturated rings. The van der Waals surface area contributed by atoms with Crippen molar-refractivity contribution < 1.29 is 4.79 Å². The molecule has 0 N–H and O–H groups in total. The fourth-order valence-electron chi connectivity index (χ4n) is 2.48. The standard InChI is InChI=1S/C10H14N4OS/c1-7-10(2,6-13-4-3-11-12-13)16-9-5-8(15)14(7)9/h3-4,7,9H,5-6H2,1-2H3/t7-,9?,10-/m0/s1. The van der Waals surface area contributed by atoms with E-state index in [1.165, 1.54) is 0 Å². The second kappa shape index (κ2) is 3.23. The zero-order valence-corrected chi connectivity index (χ0v) is 10.1. The molecule has 2 aliphatic rings. The molecule has 1 amide bonds. The summed E-state index contributed by atoms with van der Waals surface area (Å²) in [6.07, 6.45) is 4.26. The van der Waals surface area contributed by atoms with Gasteiger partial charge >= 0.3 is 0 Å². The van der Waals surface area contributed by atoms with Crippen molar-refractivity contribution in [3.8, 4) is 0 Å². The average molecular weight is 238 g/mol. The topological polar surface area (TPSA) is 51.0 Å². The Kier molecular flexibility index (Phi) is 2.04. The van der Waals surface area contributed by atoms with Gasteiger partial charge in [-0.05, 0) is 13.8 Å². The first kappa shape index (κ1) is 10.1. The van der Waals surface area contributed by atoms with E-state index in [1.807, 2.05) is 27.5 Å². The number of β-lactam (4-membered cyclic amide) rings is 1. The summed E-state index contributed by atoms with van der Waals surface area (Å²) >= 11 is 1.89. The third-order valence-electron chi connectivity index (χ3n) is 3.60. The van der Waals surface area contributed by atoms with E-state index >= 15 is 0 Å². The van der Waals surface area contributed by atoms with Crippen molar-refractivity contribution in [2.45, 2.75) is 43.0 Å². The number of hydrogen-bond donors (Lipinski definition) is 0. The highest BCUT2D eigenvalue weighted by Gasteiger charge is 2.55. The minimum atomic E-state index is 0.0462. The van der Waals surface area contributed by atoms with Crippen LogP contribution in [0.1, 0.15) is 20.3 Å². The Morgan fingerprint density at radius 1 is 1.69 bits per heavy atom. The van der Waals surface area contributed by atoms with Crippen LogP contribution in [-0.2, 0) is 11.3 Å². The van der Waals surface area contributed by atoms with Crippen molar-refractivity contribution in [2.24, 2.45) is 0 Å². The van der Waals surface area contributed by atoms with Crippen molar-refractivity contribution in [3.05, 3.63) is 12.4 Å². The summed E-state index contributed by atoms with van der Waals surface area (Å²) in [6, 6.07) is 0.271. The van der Waals surface area contributed by atoms with Crippen LogP contribution in [0, 0.1) is 0 Å². The van der Waals surface area contributed by atoms with Gasteiger partial charge in [0.05, 0.1) is 29.3 Å². The maximum Gasteiger partial charge on any atom is 0.226 e. The van der Waals surface area contributed by atoms with Crippen molar-refractivity contribution in [1.29, 1.82) is 0 Å². The SMILES string of the molecule is C[C@@H]1N2C(=O)CC2S[C@@]1(C)Cn1ccnn1. The fraction of sp³-hybridized carbons (Fsp3) is 0.700. The Morgan fingerprint density at radius 2 is 2.50 bits per heavy atom. The van der Waals surface area contributed by atoms with Crippen LogP contribution in [0.25, 0.3) is 0 Å². The number of thioether (sulfide) groups is 1. The van der Waals surface area contributed by atoms with E-state index in [0.717, 1.165) is 6.54 Å². The van der Waals surface area contributed by atoms with Crippen LogP contribution in [0.2, 0.25) is 0 Å². The molecule has 2 saturated heterocycles. The Hall–Kier alpha value is -1.04. The first-order chi connectivity index (χ1) is 7.60. The van der Waals surface area contributed by atoms with Gasteiger partial charge in [-0.3, -0.25) is 9.48 Å². The van der Waals surface area contributed by atoms with E-state index in [-0.39, 0.29) is 16.7 Å². The van der Waals surface area contributed by atoms with Crippen molar-refractivity contribution in [2.75, 3.05) is 0 Å². The predicted molar refractivity (Wildman–Crippen MR) is 60.7 cm³/mol. The molecule has 1 aromatic rings. The van der Waals surface area contributed by atoms with E-state index in [0.29, 0.717) is 11.8 Å². The first-order valence-corrected chi connectivity index (χ1v) is 6.31. The second-order valence-corrected chi connectivity index (χ2v) is 6.38. The van der Waals surface area contributed by atoms with Gasteiger partial charge in [0.2, 0.25) is 5.91 Å². The third kappa shape index (κ3) is 1.29. The van der Waals surface area contributed by atoms with Crippen molar-refractivity contribution >= 4 is 17.7 Å². The smallest absolute Gasteiger partial charge is 0.226 e. The summed E-state index contributed by atoms with van der Waals surface area (Å²) in [6.45, 7) is 5.13. The summed E-state index contributed by atoms with van der Waals surface area (Å²) < 4.78 is 1.89. The number of carbonyl (C=O) groups is 1. The van der Waals surface area contributed by atoms with E-state index in [9.17, 15) is 4.79 Å². The molecule has 3 rings (SSSR count). The van der Waals surface area contributed by atoms with E-state index < -0.39 is 0 Å². The normalized spacial score (nSPS) is 37.4. The minimum absolute atomic E-state index is 0.0462. The molecule has 86 valence electrons. The molecule has 0 bridgehead atoms. The second-order valence-electron chi connectivity index (χ2n) is 4.67. The summed E-state index contributed by atoms with van der Waals surface area (Å²) in [7, 11) is 0. The van der Waals surface area contributed by atoms with Crippen LogP contribution in [0.3, 0.4) is 0 Å². The molecule has 1 unspecified atom stereocenters. The number of carbonyl (C=O) groups excluding carboxylic acids is 1. The van der Waals surface area contributed by atoms with Gasteiger partial charge in [-0.2, -0.15) is 0 Å². The molecule has 0 aliphatic carbocycles. The molecule has 5 nitrogen and oxygen atoms in total. The molecule has 1 aromatic heterocycles. The lowest BCUT2D eigenvalue weighted by Crippen LogP contribution is -2.53. The lowest BCUT2D eigenvalue weighted by molar-refractivity contribution is -0.143. The summed E-state index contributed by atoms with van der Waals surface area (Å²) in [5, 5.41) is 8.20. The molecule has 2 aliphatic heterocycles. The highest BCUT2D eigenvalue weighted by atomic mass is 32.2. The molecule has 3 atom stereocenters. The van der Waals surface area contributed by atoms with Gasteiger partial charge in [0.1, 0.15) is 0 Å². The van der Waals surface area contributed by atoms with Gasteiger partial charge < -0.3 is 4.90 Å². The van der Waals surface area contributed by atoms with Crippen molar-refractivity contribution in [1.82, 2.24) is 19.9 Å². The first-order valence-electron chi connectivity index (χ1n) is 5.43. The van der Waals surface area contributed by atoms with Crippen LogP contribution in [0.4, 0.5) is 0 Å². The van der Waals surface area contributed by atoms with Crippen LogP contribution < -0.4 is 0 Å².